The van der Waals surface area contributed by atoms with Crippen LogP contribution in [0.1, 0.15) is 44.5 Å². The van der Waals surface area contributed by atoms with E-state index >= 15 is 0 Å². The van der Waals surface area contributed by atoms with Gasteiger partial charge in [-0.1, -0.05) is 12.1 Å². The number of hydrogen-bond donors (Lipinski definition) is 0. The van der Waals surface area contributed by atoms with E-state index in [1.807, 2.05) is 0 Å². The fourth-order valence-corrected chi connectivity index (χ4v) is 5.22. The van der Waals surface area contributed by atoms with Gasteiger partial charge in [-0.3, -0.25) is 20.2 Å². The molecule has 0 amide bonds. The SMILES string of the molecule is COCc1cc(Cc2cc(C)c(Oc3ccc([N+](=O)[O-])cc3C(F)(F)F)c(COC)c2)cc(C)c1Oc1ccc([N+](=O)[O-])cc1C(F)(F)F. The number of nitro groups is 2. The Balaban J connectivity index is 1.71. The second-order valence-corrected chi connectivity index (χ2v) is 10.9. The van der Waals surface area contributed by atoms with Gasteiger partial charge in [0.05, 0.1) is 23.1 Å². The molecule has 4 aromatic carbocycles. The number of rotatable bonds is 12. The topological polar surface area (TPSA) is 123 Å². The quantitative estimate of drug-likeness (QED) is 0.0816. The standard InChI is InChI=1S/C33H28F6N2O8/c1-18-9-20(12-22(16-46-3)30(18)48-28-7-5-24(40(42)43)14-26(28)32(34,35)36)11-21-10-19(2)31(23(13-21)17-47-4)49-29-8-6-25(41(44)45)15-27(29)33(37,38)39/h5-10,12-15H,11,16-17H2,1-4H3. The molecule has 0 bridgehead atoms. The Kier molecular flexibility index (Phi) is 10.8. The molecule has 0 aliphatic heterocycles. The highest BCUT2D eigenvalue weighted by atomic mass is 19.4. The van der Waals surface area contributed by atoms with Crippen molar-refractivity contribution in [3.8, 4) is 23.0 Å². The highest BCUT2D eigenvalue weighted by molar-refractivity contribution is 5.54. The molecule has 0 spiro atoms. The molecule has 0 aromatic heterocycles. The number of non-ortho nitro benzene ring substituents is 2. The first kappa shape index (κ1) is 36.6. The Morgan fingerprint density at radius 1 is 0.612 bits per heavy atom. The summed E-state index contributed by atoms with van der Waals surface area (Å²) in [6.07, 6.45) is -9.64. The van der Waals surface area contributed by atoms with Crippen molar-refractivity contribution in [2.24, 2.45) is 0 Å². The fourth-order valence-electron chi connectivity index (χ4n) is 5.22. The molecule has 4 aromatic rings. The van der Waals surface area contributed by atoms with Crippen LogP contribution in [0.15, 0.2) is 60.7 Å². The first-order valence-corrected chi connectivity index (χ1v) is 14.2. The summed E-state index contributed by atoms with van der Waals surface area (Å²) in [4.78, 5) is 20.3. The largest absolute Gasteiger partial charge is 0.456 e. The zero-order chi connectivity index (χ0) is 36.3. The molecule has 16 heteroatoms. The zero-order valence-corrected chi connectivity index (χ0v) is 26.3. The van der Waals surface area contributed by atoms with Crippen LogP contribution in [0.3, 0.4) is 0 Å². The van der Waals surface area contributed by atoms with Gasteiger partial charge in [-0.25, -0.2) is 0 Å². The number of hydrogen-bond acceptors (Lipinski definition) is 8. The van der Waals surface area contributed by atoms with E-state index in [2.05, 4.69) is 0 Å². The smallest absolute Gasteiger partial charge is 0.420 e. The molecule has 10 nitrogen and oxygen atoms in total. The van der Waals surface area contributed by atoms with Crippen molar-refractivity contribution in [3.05, 3.63) is 125 Å². The summed E-state index contributed by atoms with van der Waals surface area (Å²) in [5.74, 6) is -1.14. The number of ether oxygens (including phenoxy) is 4. The van der Waals surface area contributed by atoms with E-state index in [1.165, 1.54) is 14.2 Å². The van der Waals surface area contributed by atoms with E-state index in [9.17, 15) is 46.6 Å². The van der Waals surface area contributed by atoms with E-state index in [1.54, 1.807) is 38.1 Å². The first-order chi connectivity index (χ1) is 22.9. The molecule has 0 radical (unpaired) electrons. The Bertz CT molecular complexity index is 1760. The van der Waals surface area contributed by atoms with Gasteiger partial charge < -0.3 is 18.9 Å². The van der Waals surface area contributed by atoms with Gasteiger partial charge in [-0.05, 0) is 66.8 Å². The van der Waals surface area contributed by atoms with E-state index < -0.39 is 56.2 Å². The Hall–Kier alpha value is -5.22. The summed E-state index contributed by atoms with van der Waals surface area (Å²) in [6, 6.07) is 11.0. The molecule has 0 saturated heterocycles. The third kappa shape index (κ3) is 8.63. The summed E-state index contributed by atoms with van der Waals surface area (Å²) < 4.78 is 105. The summed E-state index contributed by atoms with van der Waals surface area (Å²) in [7, 11) is 2.76. The molecule has 0 atom stereocenters. The van der Waals surface area contributed by atoms with Gasteiger partial charge in [0, 0.05) is 49.6 Å². The molecular formula is C33H28F6N2O8. The van der Waals surface area contributed by atoms with Crippen molar-refractivity contribution in [2.45, 2.75) is 45.8 Å². The second kappa shape index (κ2) is 14.5. The van der Waals surface area contributed by atoms with E-state index in [0.717, 1.165) is 24.3 Å². The van der Waals surface area contributed by atoms with Gasteiger partial charge in [-0.2, -0.15) is 26.3 Å². The Morgan fingerprint density at radius 2 is 0.980 bits per heavy atom. The molecule has 260 valence electrons. The number of benzene rings is 4. The molecule has 4 rings (SSSR count). The summed E-state index contributed by atoms with van der Waals surface area (Å²) in [6.45, 7) is 3.10. The molecule has 49 heavy (non-hydrogen) atoms. The van der Waals surface area contributed by atoms with Crippen LogP contribution in [0, 0.1) is 34.1 Å². The average Bonchev–Trinajstić information content (AvgIpc) is 3.00. The summed E-state index contributed by atoms with van der Waals surface area (Å²) in [5, 5.41) is 22.2. The molecule has 0 aliphatic carbocycles. The number of halogens is 6. The zero-order valence-electron chi connectivity index (χ0n) is 26.3. The molecule has 0 unspecified atom stereocenters. The molecular weight excluding hydrogens is 666 g/mol. The van der Waals surface area contributed by atoms with Crippen LogP contribution < -0.4 is 9.47 Å². The average molecular weight is 695 g/mol. The number of aryl methyl sites for hydroxylation is 2. The van der Waals surface area contributed by atoms with Crippen LogP contribution in [0.5, 0.6) is 23.0 Å². The van der Waals surface area contributed by atoms with E-state index in [-0.39, 0.29) is 31.1 Å². The third-order valence-corrected chi connectivity index (χ3v) is 7.21. The lowest BCUT2D eigenvalue weighted by atomic mass is 9.96. The van der Waals surface area contributed by atoms with Gasteiger partial charge in [-0.15, -0.1) is 0 Å². The van der Waals surface area contributed by atoms with Crippen molar-refractivity contribution in [1.29, 1.82) is 0 Å². The number of methoxy groups -OCH3 is 2. The van der Waals surface area contributed by atoms with Gasteiger partial charge in [0.2, 0.25) is 0 Å². The predicted molar refractivity (Wildman–Crippen MR) is 163 cm³/mol. The highest BCUT2D eigenvalue weighted by Gasteiger charge is 2.38. The van der Waals surface area contributed by atoms with Crippen molar-refractivity contribution >= 4 is 11.4 Å². The van der Waals surface area contributed by atoms with Gasteiger partial charge in [0.1, 0.15) is 34.1 Å². The van der Waals surface area contributed by atoms with Crippen LogP contribution in [0.2, 0.25) is 0 Å². The van der Waals surface area contributed by atoms with Crippen LogP contribution in [0.4, 0.5) is 37.7 Å². The number of nitrogens with zero attached hydrogens (tertiary/aromatic N) is 2. The van der Waals surface area contributed by atoms with Crippen molar-refractivity contribution in [1.82, 2.24) is 0 Å². The predicted octanol–water partition coefficient (Wildman–Crippen LogP) is 9.63. The second-order valence-electron chi connectivity index (χ2n) is 10.9. The minimum atomic E-state index is -4.95. The maximum Gasteiger partial charge on any atom is 0.420 e. The minimum absolute atomic E-state index is 0.0597. The molecule has 0 aliphatic rings. The normalized spacial score (nSPS) is 11.8. The Labute approximate surface area is 275 Å². The number of alkyl halides is 6. The third-order valence-electron chi connectivity index (χ3n) is 7.21. The van der Waals surface area contributed by atoms with Crippen LogP contribution >= 0.6 is 0 Å². The lowest BCUT2D eigenvalue weighted by molar-refractivity contribution is -0.385. The number of nitro benzene ring substituents is 2. The molecule has 0 saturated carbocycles. The van der Waals surface area contributed by atoms with E-state index in [4.69, 9.17) is 18.9 Å². The summed E-state index contributed by atoms with van der Waals surface area (Å²) in [5.41, 5.74) is -1.16. The van der Waals surface area contributed by atoms with Crippen LogP contribution in [-0.2, 0) is 41.5 Å². The highest BCUT2D eigenvalue weighted by Crippen LogP contribution is 2.43. The molecule has 0 heterocycles. The monoisotopic (exact) mass is 694 g/mol. The molecule has 0 fully saturated rings. The van der Waals surface area contributed by atoms with Gasteiger partial charge >= 0.3 is 12.4 Å². The van der Waals surface area contributed by atoms with Crippen molar-refractivity contribution < 1.29 is 55.1 Å². The van der Waals surface area contributed by atoms with Crippen LogP contribution in [0.25, 0.3) is 0 Å². The maximum atomic E-state index is 13.8. The van der Waals surface area contributed by atoms with Crippen molar-refractivity contribution in [2.75, 3.05) is 14.2 Å². The van der Waals surface area contributed by atoms with Crippen molar-refractivity contribution in [3.63, 3.8) is 0 Å². The first-order valence-electron chi connectivity index (χ1n) is 14.2. The van der Waals surface area contributed by atoms with Crippen LogP contribution in [-0.4, -0.2) is 24.1 Å². The van der Waals surface area contributed by atoms with Gasteiger partial charge in [0.25, 0.3) is 11.4 Å². The Morgan fingerprint density at radius 3 is 1.29 bits per heavy atom. The van der Waals surface area contributed by atoms with Gasteiger partial charge in [0.15, 0.2) is 0 Å². The maximum absolute atomic E-state index is 13.8. The fraction of sp³-hybridized carbons (Fsp3) is 0.273. The summed E-state index contributed by atoms with van der Waals surface area (Å²) >= 11 is 0. The lowest BCUT2D eigenvalue weighted by Crippen LogP contribution is -2.09. The molecule has 0 N–H and O–H groups in total. The lowest BCUT2D eigenvalue weighted by Gasteiger charge is -2.20. The minimum Gasteiger partial charge on any atom is -0.456 e. The van der Waals surface area contributed by atoms with E-state index in [0.29, 0.717) is 45.5 Å².